The van der Waals surface area contributed by atoms with E-state index in [4.69, 9.17) is 4.74 Å². The van der Waals surface area contributed by atoms with E-state index in [0.29, 0.717) is 12.3 Å². The Morgan fingerprint density at radius 1 is 0.955 bits per heavy atom. The van der Waals surface area contributed by atoms with Crippen molar-refractivity contribution in [1.29, 1.82) is 0 Å². The molecule has 4 rings (SSSR count). The number of rotatable bonds is 2. The first-order chi connectivity index (χ1) is 10.8. The molecule has 0 aliphatic carbocycles. The Hall–Kier alpha value is -2.75. The normalized spacial score (nSPS) is 15.6. The Labute approximate surface area is 127 Å². The smallest absolute Gasteiger partial charge is 0.223 e. The molecule has 0 radical (unpaired) electrons. The molecular formula is C18H13FN2O. The van der Waals surface area contributed by atoms with Crippen LogP contribution in [0.3, 0.4) is 0 Å². The van der Waals surface area contributed by atoms with Crippen LogP contribution in [-0.2, 0) is 6.42 Å². The number of hydrogen-bond donors (Lipinski definition) is 0. The summed E-state index contributed by atoms with van der Waals surface area (Å²) in [5.41, 5.74) is 3.03. The quantitative estimate of drug-likeness (QED) is 0.667. The standard InChI is InChI=1S/C18H13FN2O/c19-17-11-12(7-9-20-17)10-15-13-4-1-2-6-16(13)22-18-14(15)5-3-8-21-18/h1-9,11,15H,10H2. The van der Waals surface area contributed by atoms with Gasteiger partial charge < -0.3 is 4.74 Å². The summed E-state index contributed by atoms with van der Waals surface area (Å²) < 4.78 is 19.2. The fourth-order valence-corrected chi connectivity index (χ4v) is 2.91. The van der Waals surface area contributed by atoms with Crippen LogP contribution in [0.1, 0.15) is 22.6 Å². The lowest BCUT2D eigenvalue weighted by atomic mass is 9.85. The molecule has 0 N–H and O–H groups in total. The molecule has 22 heavy (non-hydrogen) atoms. The second kappa shape index (κ2) is 5.22. The van der Waals surface area contributed by atoms with Crippen molar-refractivity contribution in [2.75, 3.05) is 0 Å². The van der Waals surface area contributed by atoms with E-state index in [9.17, 15) is 4.39 Å². The minimum atomic E-state index is -0.454. The van der Waals surface area contributed by atoms with E-state index in [1.807, 2.05) is 42.5 Å². The number of ether oxygens (including phenoxy) is 1. The zero-order chi connectivity index (χ0) is 14.9. The van der Waals surface area contributed by atoms with Gasteiger partial charge in [-0.1, -0.05) is 24.3 Å². The third kappa shape index (κ3) is 2.22. The summed E-state index contributed by atoms with van der Waals surface area (Å²) in [4.78, 5) is 7.94. The van der Waals surface area contributed by atoms with Crippen LogP contribution in [0.25, 0.3) is 0 Å². The fraction of sp³-hybridized carbons (Fsp3) is 0.111. The first-order valence-corrected chi connectivity index (χ1v) is 7.13. The molecule has 4 heteroatoms. The summed E-state index contributed by atoms with van der Waals surface area (Å²) in [6.45, 7) is 0. The lowest BCUT2D eigenvalue weighted by molar-refractivity contribution is 0.426. The molecule has 0 amide bonds. The van der Waals surface area contributed by atoms with Crippen LogP contribution in [-0.4, -0.2) is 9.97 Å². The van der Waals surface area contributed by atoms with Crippen LogP contribution in [0.4, 0.5) is 4.39 Å². The number of para-hydroxylation sites is 1. The molecule has 1 atom stereocenters. The molecule has 0 spiro atoms. The van der Waals surface area contributed by atoms with Crippen LogP contribution < -0.4 is 4.74 Å². The third-order valence-electron chi connectivity index (χ3n) is 3.91. The van der Waals surface area contributed by atoms with E-state index in [1.165, 1.54) is 12.3 Å². The minimum absolute atomic E-state index is 0.0930. The number of hydrogen-bond acceptors (Lipinski definition) is 3. The molecule has 1 aromatic carbocycles. The Balaban J connectivity index is 1.81. The largest absolute Gasteiger partial charge is 0.438 e. The Morgan fingerprint density at radius 2 is 1.82 bits per heavy atom. The molecule has 0 saturated heterocycles. The van der Waals surface area contributed by atoms with Crippen molar-refractivity contribution in [3.8, 4) is 11.6 Å². The minimum Gasteiger partial charge on any atom is -0.438 e. The van der Waals surface area contributed by atoms with Crippen LogP contribution in [0.15, 0.2) is 60.9 Å². The number of benzene rings is 1. The number of halogens is 1. The predicted octanol–water partition coefficient (Wildman–Crippen LogP) is 4.10. The molecule has 0 fully saturated rings. The van der Waals surface area contributed by atoms with E-state index >= 15 is 0 Å². The van der Waals surface area contributed by atoms with Crippen molar-refractivity contribution in [3.05, 3.63) is 83.6 Å². The highest BCUT2D eigenvalue weighted by atomic mass is 19.1. The molecule has 1 unspecified atom stereocenters. The van der Waals surface area contributed by atoms with Gasteiger partial charge in [-0.15, -0.1) is 0 Å². The molecule has 0 bridgehead atoms. The topological polar surface area (TPSA) is 35.0 Å². The van der Waals surface area contributed by atoms with Crippen molar-refractivity contribution in [3.63, 3.8) is 0 Å². The van der Waals surface area contributed by atoms with E-state index < -0.39 is 5.95 Å². The van der Waals surface area contributed by atoms with Crippen LogP contribution in [0.2, 0.25) is 0 Å². The number of pyridine rings is 2. The summed E-state index contributed by atoms with van der Waals surface area (Å²) in [6, 6.07) is 15.2. The third-order valence-corrected chi connectivity index (χ3v) is 3.91. The number of fused-ring (bicyclic) bond motifs is 2. The first-order valence-electron chi connectivity index (χ1n) is 7.13. The predicted molar refractivity (Wildman–Crippen MR) is 80.5 cm³/mol. The highest BCUT2D eigenvalue weighted by Gasteiger charge is 2.27. The molecule has 3 heterocycles. The van der Waals surface area contributed by atoms with E-state index in [-0.39, 0.29) is 5.92 Å². The lowest BCUT2D eigenvalue weighted by Gasteiger charge is -2.27. The number of aromatic nitrogens is 2. The van der Waals surface area contributed by atoms with Crippen molar-refractivity contribution >= 4 is 0 Å². The van der Waals surface area contributed by atoms with Gasteiger partial charge >= 0.3 is 0 Å². The van der Waals surface area contributed by atoms with Gasteiger partial charge in [0.2, 0.25) is 11.8 Å². The van der Waals surface area contributed by atoms with Crippen molar-refractivity contribution in [2.45, 2.75) is 12.3 Å². The zero-order valence-corrected chi connectivity index (χ0v) is 11.7. The SMILES string of the molecule is Fc1cc(CC2c3ccccc3Oc3ncccc32)ccn1. The second-order valence-electron chi connectivity index (χ2n) is 5.28. The van der Waals surface area contributed by atoms with Gasteiger partial charge in [0.25, 0.3) is 0 Å². The Kier molecular flexibility index (Phi) is 3.07. The lowest BCUT2D eigenvalue weighted by Crippen LogP contribution is -2.13. The molecule has 1 aliphatic rings. The highest BCUT2D eigenvalue weighted by Crippen LogP contribution is 2.44. The van der Waals surface area contributed by atoms with Gasteiger partial charge in [0.05, 0.1) is 0 Å². The molecule has 2 aromatic heterocycles. The highest BCUT2D eigenvalue weighted by molar-refractivity contribution is 5.51. The summed E-state index contributed by atoms with van der Waals surface area (Å²) in [7, 11) is 0. The molecule has 3 nitrogen and oxygen atoms in total. The molecule has 108 valence electrons. The van der Waals surface area contributed by atoms with Crippen molar-refractivity contribution in [1.82, 2.24) is 9.97 Å². The van der Waals surface area contributed by atoms with Crippen LogP contribution in [0, 0.1) is 5.95 Å². The van der Waals surface area contributed by atoms with Crippen LogP contribution in [0.5, 0.6) is 11.6 Å². The molecule has 1 aliphatic heterocycles. The van der Waals surface area contributed by atoms with Crippen LogP contribution >= 0.6 is 0 Å². The molecule has 3 aromatic rings. The maximum absolute atomic E-state index is 13.4. The molecular weight excluding hydrogens is 279 g/mol. The van der Waals surface area contributed by atoms with Gasteiger partial charge in [-0.05, 0) is 36.2 Å². The summed E-state index contributed by atoms with van der Waals surface area (Å²) in [5.74, 6) is 1.08. The first kappa shape index (κ1) is 13.0. The van der Waals surface area contributed by atoms with Crippen molar-refractivity contribution in [2.24, 2.45) is 0 Å². The van der Waals surface area contributed by atoms with Gasteiger partial charge in [-0.2, -0.15) is 4.39 Å². The average molecular weight is 292 g/mol. The summed E-state index contributed by atoms with van der Waals surface area (Å²) in [5, 5.41) is 0. The van der Waals surface area contributed by atoms with Gasteiger partial charge in [0.15, 0.2) is 0 Å². The van der Waals surface area contributed by atoms with E-state index in [0.717, 1.165) is 22.4 Å². The zero-order valence-electron chi connectivity index (χ0n) is 11.7. The van der Waals surface area contributed by atoms with Gasteiger partial charge in [-0.3, -0.25) is 0 Å². The summed E-state index contributed by atoms with van der Waals surface area (Å²) in [6.07, 6.45) is 3.90. The van der Waals surface area contributed by atoms with E-state index in [1.54, 1.807) is 6.20 Å². The summed E-state index contributed by atoms with van der Waals surface area (Å²) >= 11 is 0. The van der Waals surface area contributed by atoms with Crippen molar-refractivity contribution < 1.29 is 9.13 Å². The second-order valence-corrected chi connectivity index (χ2v) is 5.28. The monoisotopic (exact) mass is 292 g/mol. The van der Waals surface area contributed by atoms with E-state index in [2.05, 4.69) is 9.97 Å². The maximum Gasteiger partial charge on any atom is 0.223 e. The van der Waals surface area contributed by atoms with Gasteiger partial charge in [0.1, 0.15) is 5.75 Å². The number of nitrogens with zero attached hydrogens (tertiary/aromatic N) is 2. The average Bonchev–Trinajstić information content (AvgIpc) is 2.55. The fourth-order valence-electron chi connectivity index (χ4n) is 2.91. The molecule has 0 saturated carbocycles. The maximum atomic E-state index is 13.4. The Bertz CT molecular complexity index is 789. The van der Waals surface area contributed by atoms with Gasteiger partial charge in [-0.25, -0.2) is 9.97 Å². The van der Waals surface area contributed by atoms with Gasteiger partial charge in [0, 0.05) is 29.4 Å². The Morgan fingerprint density at radius 3 is 2.73 bits per heavy atom.